The first kappa shape index (κ1) is 60.9. The molecule has 0 rings (SSSR count). The predicted molar refractivity (Wildman–Crippen MR) is 269 cm³/mol. The molecule has 0 N–H and O–H groups in total. The quantitative estimate of drug-likeness (QED) is 0.0448. The van der Waals surface area contributed by atoms with Gasteiger partial charge in [0, 0.05) is 19.6 Å². The zero-order valence-electron chi connectivity index (χ0n) is 43.2. The maximum atomic E-state index is 13.1. The second kappa shape index (κ2) is 47.8. The van der Waals surface area contributed by atoms with Crippen molar-refractivity contribution >= 4 is 11.9 Å². The summed E-state index contributed by atoms with van der Waals surface area (Å²) in [7, 11) is 2.12. The summed E-state index contributed by atoms with van der Waals surface area (Å²) in [6.07, 6.45) is 45.4. The van der Waals surface area contributed by atoms with Crippen LogP contribution in [0.1, 0.15) is 279 Å². The summed E-state index contributed by atoms with van der Waals surface area (Å²) >= 11 is 0. The molecule has 0 aromatic carbocycles. The van der Waals surface area contributed by atoms with Crippen LogP contribution in [0.25, 0.3) is 0 Å². The van der Waals surface area contributed by atoms with Crippen molar-refractivity contribution in [3.63, 3.8) is 0 Å². The summed E-state index contributed by atoms with van der Waals surface area (Å²) in [6.45, 7) is 18.5. The first-order valence-corrected chi connectivity index (χ1v) is 27.9. The molecule has 2 atom stereocenters. The van der Waals surface area contributed by atoms with Crippen LogP contribution in [0.2, 0.25) is 0 Å². The summed E-state index contributed by atoms with van der Waals surface area (Å²) in [5, 5.41) is 0. The summed E-state index contributed by atoms with van der Waals surface area (Å²) in [4.78, 5) is 27.8. The van der Waals surface area contributed by atoms with E-state index in [-0.39, 0.29) is 17.9 Å². The zero-order valence-corrected chi connectivity index (χ0v) is 43.2. The van der Waals surface area contributed by atoms with E-state index in [1.165, 1.54) is 180 Å². The van der Waals surface area contributed by atoms with Gasteiger partial charge >= 0.3 is 11.9 Å². The molecule has 6 nitrogen and oxygen atoms in total. The number of carbonyl (C=O) groups excluding carboxylic acids is 2. The molecule has 62 heavy (non-hydrogen) atoms. The SMILES string of the molecule is CCCCCC(CCCCC)CCCOC(=O)CCCCCCCC(CCCCCCCCCCOCCC(CCCCC)CCCCC)COC(=O)C(CC)CCN(C)CC. The highest BCUT2D eigenvalue weighted by Gasteiger charge is 2.20. The van der Waals surface area contributed by atoms with Gasteiger partial charge in [0.2, 0.25) is 0 Å². The van der Waals surface area contributed by atoms with Gasteiger partial charge in [0.05, 0.1) is 19.1 Å². The molecule has 0 spiro atoms. The number of rotatable bonds is 50. The van der Waals surface area contributed by atoms with Crippen LogP contribution in [-0.4, -0.2) is 63.4 Å². The van der Waals surface area contributed by atoms with Gasteiger partial charge in [0.1, 0.15) is 0 Å². The minimum atomic E-state index is -0.0122. The van der Waals surface area contributed by atoms with E-state index in [0.29, 0.717) is 25.6 Å². The van der Waals surface area contributed by atoms with Crippen molar-refractivity contribution in [2.75, 3.05) is 46.6 Å². The first-order valence-electron chi connectivity index (χ1n) is 27.9. The van der Waals surface area contributed by atoms with E-state index in [4.69, 9.17) is 14.2 Å². The van der Waals surface area contributed by atoms with Crippen molar-refractivity contribution in [1.29, 1.82) is 0 Å². The predicted octanol–water partition coefficient (Wildman–Crippen LogP) is 17.0. The van der Waals surface area contributed by atoms with Crippen LogP contribution in [0, 0.1) is 23.7 Å². The van der Waals surface area contributed by atoms with E-state index in [1.54, 1.807) is 0 Å². The van der Waals surface area contributed by atoms with Gasteiger partial charge in [-0.05, 0) is 95.7 Å². The number of nitrogens with zero attached hydrogens (tertiary/aromatic N) is 1. The molecule has 0 fully saturated rings. The number of hydrogen-bond donors (Lipinski definition) is 0. The Hall–Kier alpha value is -1.14. The zero-order chi connectivity index (χ0) is 45.6. The van der Waals surface area contributed by atoms with Crippen LogP contribution in [-0.2, 0) is 23.8 Å². The van der Waals surface area contributed by atoms with Crippen molar-refractivity contribution in [2.45, 2.75) is 279 Å². The molecular weight excluding hydrogens is 767 g/mol. The second-order valence-corrected chi connectivity index (χ2v) is 19.7. The van der Waals surface area contributed by atoms with Crippen molar-refractivity contribution < 1.29 is 23.8 Å². The van der Waals surface area contributed by atoms with E-state index in [2.05, 4.69) is 53.5 Å². The Bertz CT molecular complexity index is 908. The summed E-state index contributed by atoms with van der Waals surface area (Å²) in [5.74, 6) is 2.11. The standard InChI is InChI=1S/C56H111NO5/c1-8-14-27-36-51(37-28-15-9-2)42-35-48-61-55(58)43-33-25-22-24-32-41-53(50-62-56(59)54(12-5)44-46-57(7)13-6)40-31-23-20-18-19-21-26-34-47-60-49-45-52(38-29-16-10-3)39-30-17-11-4/h51-54H,8-50H2,1-7H3. The smallest absolute Gasteiger partial charge is 0.308 e. The third-order valence-electron chi connectivity index (χ3n) is 13.9. The van der Waals surface area contributed by atoms with Crippen LogP contribution in [0.3, 0.4) is 0 Å². The highest BCUT2D eigenvalue weighted by Crippen LogP contribution is 2.25. The molecule has 2 unspecified atom stereocenters. The van der Waals surface area contributed by atoms with E-state index in [9.17, 15) is 9.59 Å². The Kier molecular flexibility index (Phi) is 46.9. The van der Waals surface area contributed by atoms with Gasteiger partial charge in [-0.3, -0.25) is 9.59 Å². The molecule has 0 aliphatic carbocycles. The van der Waals surface area contributed by atoms with Crippen LogP contribution in [0.5, 0.6) is 0 Å². The molecule has 0 saturated carbocycles. The molecule has 0 amide bonds. The van der Waals surface area contributed by atoms with Gasteiger partial charge in [0.15, 0.2) is 0 Å². The first-order chi connectivity index (χ1) is 30.3. The van der Waals surface area contributed by atoms with Gasteiger partial charge in [-0.15, -0.1) is 0 Å². The van der Waals surface area contributed by atoms with Crippen molar-refractivity contribution in [3.05, 3.63) is 0 Å². The molecule has 0 aliphatic rings. The van der Waals surface area contributed by atoms with E-state index >= 15 is 0 Å². The van der Waals surface area contributed by atoms with Gasteiger partial charge in [-0.25, -0.2) is 0 Å². The number of ether oxygens (including phenoxy) is 3. The Morgan fingerprint density at radius 2 is 0.855 bits per heavy atom. The highest BCUT2D eigenvalue weighted by atomic mass is 16.5. The molecule has 0 aromatic rings. The van der Waals surface area contributed by atoms with Gasteiger partial charge in [-0.1, -0.05) is 215 Å². The molecule has 0 aromatic heterocycles. The fraction of sp³-hybridized carbons (Fsp3) is 0.964. The summed E-state index contributed by atoms with van der Waals surface area (Å²) < 4.78 is 17.8. The molecule has 6 heteroatoms. The van der Waals surface area contributed by atoms with Gasteiger partial charge in [0.25, 0.3) is 0 Å². The monoisotopic (exact) mass is 878 g/mol. The Labute approximate surface area is 388 Å². The third-order valence-corrected chi connectivity index (χ3v) is 13.9. The van der Waals surface area contributed by atoms with E-state index in [1.807, 2.05) is 0 Å². The van der Waals surface area contributed by atoms with Crippen molar-refractivity contribution in [3.8, 4) is 0 Å². The lowest BCUT2D eigenvalue weighted by Crippen LogP contribution is -2.26. The molecule has 0 bridgehead atoms. The maximum absolute atomic E-state index is 13.1. The fourth-order valence-electron chi connectivity index (χ4n) is 9.16. The van der Waals surface area contributed by atoms with Crippen LogP contribution in [0.4, 0.5) is 0 Å². The molecule has 370 valence electrons. The van der Waals surface area contributed by atoms with Crippen molar-refractivity contribution in [1.82, 2.24) is 4.90 Å². The maximum Gasteiger partial charge on any atom is 0.308 e. The molecule has 0 saturated heterocycles. The Balaban J connectivity index is 4.43. The lowest BCUT2D eigenvalue weighted by atomic mass is 9.91. The average Bonchev–Trinajstić information content (AvgIpc) is 3.27. The molecular formula is C56H111NO5. The molecule has 0 aliphatic heterocycles. The normalized spacial score (nSPS) is 12.8. The van der Waals surface area contributed by atoms with Crippen LogP contribution in [0.15, 0.2) is 0 Å². The topological polar surface area (TPSA) is 65.1 Å². The molecule has 0 radical (unpaired) electrons. The van der Waals surface area contributed by atoms with E-state index in [0.717, 1.165) is 89.5 Å². The Morgan fingerprint density at radius 3 is 1.35 bits per heavy atom. The number of hydrogen-bond acceptors (Lipinski definition) is 6. The van der Waals surface area contributed by atoms with E-state index < -0.39 is 0 Å². The molecule has 0 heterocycles. The highest BCUT2D eigenvalue weighted by molar-refractivity contribution is 5.72. The van der Waals surface area contributed by atoms with Gasteiger partial charge < -0.3 is 19.1 Å². The number of esters is 2. The minimum absolute atomic E-state index is 0.00100. The largest absolute Gasteiger partial charge is 0.466 e. The fourth-order valence-corrected chi connectivity index (χ4v) is 9.16. The number of carbonyl (C=O) groups is 2. The minimum Gasteiger partial charge on any atom is -0.466 e. The second-order valence-electron chi connectivity index (χ2n) is 19.7. The van der Waals surface area contributed by atoms with Gasteiger partial charge in [-0.2, -0.15) is 0 Å². The van der Waals surface area contributed by atoms with Crippen LogP contribution < -0.4 is 0 Å². The van der Waals surface area contributed by atoms with Crippen molar-refractivity contribution in [2.24, 2.45) is 23.7 Å². The van der Waals surface area contributed by atoms with Crippen LogP contribution >= 0.6 is 0 Å². The lowest BCUT2D eigenvalue weighted by Gasteiger charge is -2.21. The number of unbranched alkanes of at least 4 members (excludes halogenated alkanes) is 19. The Morgan fingerprint density at radius 1 is 0.419 bits per heavy atom. The summed E-state index contributed by atoms with van der Waals surface area (Å²) in [5.41, 5.74) is 0. The summed E-state index contributed by atoms with van der Waals surface area (Å²) in [6, 6.07) is 0. The average molecular weight is 879 g/mol. The third kappa shape index (κ3) is 40.4. The lowest BCUT2D eigenvalue weighted by molar-refractivity contribution is -0.150.